The molecule has 0 radical (unpaired) electrons. The van der Waals surface area contributed by atoms with Gasteiger partial charge < -0.3 is 15.3 Å². The van der Waals surface area contributed by atoms with E-state index in [2.05, 4.69) is 6.58 Å². The van der Waals surface area contributed by atoms with E-state index in [-0.39, 0.29) is 13.2 Å². The molecular weight excluding hydrogens is 142 g/mol. The molecule has 0 aliphatic rings. The molecule has 0 saturated carbocycles. The van der Waals surface area contributed by atoms with Crippen molar-refractivity contribution in [1.82, 2.24) is 0 Å². The summed E-state index contributed by atoms with van der Waals surface area (Å²) in [7, 11) is 0. The van der Waals surface area contributed by atoms with Crippen molar-refractivity contribution in [1.29, 1.82) is 5.41 Å². The lowest BCUT2D eigenvalue weighted by atomic mass is 10.2. The highest BCUT2D eigenvalue weighted by atomic mass is 16.5. The Morgan fingerprint density at radius 3 is 2.64 bits per heavy atom. The average molecular weight is 157 g/mol. The van der Waals surface area contributed by atoms with Gasteiger partial charge in [-0.15, -0.1) is 0 Å². The molecule has 0 heterocycles. The first kappa shape index (κ1) is 10.3. The zero-order chi connectivity index (χ0) is 8.85. The summed E-state index contributed by atoms with van der Waals surface area (Å²) >= 11 is 0. The van der Waals surface area contributed by atoms with Crippen LogP contribution in [0.5, 0.6) is 0 Å². The van der Waals surface area contributed by atoms with E-state index >= 15 is 0 Å². The molecule has 2 N–H and O–H groups in total. The van der Waals surface area contributed by atoms with Gasteiger partial charge in [-0.1, -0.05) is 6.58 Å². The molecule has 0 amide bonds. The van der Waals surface area contributed by atoms with Crippen molar-refractivity contribution < 1.29 is 9.84 Å². The highest BCUT2D eigenvalue weighted by Crippen LogP contribution is 1.92. The molecule has 0 fully saturated rings. The lowest BCUT2D eigenvalue weighted by molar-refractivity contribution is 0.0643. The minimum Gasteiger partial charge on any atom is -0.391 e. The van der Waals surface area contributed by atoms with E-state index in [0.29, 0.717) is 11.3 Å². The van der Waals surface area contributed by atoms with E-state index in [1.54, 1.807) is 13.8 Å². The third kappa shape index (κ3) is 5.76. The number of hydrogen-bond donors (Lipinski definition) is 2. The molecule has 0 saturated heterocycles. The highest BCUT2D eigenvalue weighted by Gasteiger charge is 1.99. The molecule has 0 rings (SSSR count). The summed E-state index contributed by atoms with van der Waals surface area (Å²) in [6.07, 6.45) is -0.465. The summed E-state index contributed by atoms with van der Waals surface area (Å²) in [5.41, 5.74) is 1.08. The maximum absolute atomic E-state index is 8.79. The molecule has 1 unspecified atom stereocenters. The van der Waals surface area contributed by atoms with Crippen LogP contribution in [-0.4, -0.2) is 30.1 Å². The largest absolute Gasteiger partial charge is 0.391 e. The fraction of sp³-hybridized carbons (Fsp3) is 0.625. The number of hydrogen-bond acceptors (Lipinski definition) is 3. The van der Waals surface area contributed by atoms with Gasteiger partial charge in [-0.25, -0.2) is 0 Å². The maximum atomic E-state index is 8.79. The predicted molar refractivity (Wildman–Crippen MR) is 45.0 cm³/mol. The minimum absolute atomic E-state index is 0.236. The molecule has 11 heavy (non-hydrogen) atoms. The van der Waals surface area contributed by atoms with Crippen molar-refractivity contribution in [2.24, 2.45) is 0 Å². The third-order valence-electron chi connectivity index (χ3n) is 1.12. The Hall–Kier alpha value is -0.670. The van der Waals surface area contributed by atoms with Gasteiger partial charge in [-0.05, 0) is 19.4 Å². The van der Waals surface area contributed by atoms with Crippen LogP contribution in [0.15, 0.2) is 12.2 Å². The summed E-state index contributed by atoms with van der Waals surface area (Å²) in [5.74, 6) is 0. The molecule has 0 spiro atoms. The van der Waals surface area contributed by atoms with E-state index in [1.807, 2.05) is 0 Å². The van der Waals surface area contributed by atoms with Gasteiger partial charge in [0.1, 0.15) is 0 Å². The number of aliphatic hydroxyl groups excluding tert-OH is 1. The van der Waals surface area contributed by atoms with Gasteiger partial charge >= 0.3 is 0 Å². The highest BCUT2D eigenvalue weighted by molar-refractivity contribution is 5.97. The Balaban J connectivity index is 3.40. The topological polar surface area (TPSA) is 53.3 Å². The van der Waals surface area contributed by atoms with Crippen molar-refractivity contribution in [3.05, 3.63) is 12.2 Å². The monoisotopic (exact) mass is 157 g/mol. The Bertz CT molecular complexity index is 152. The fourth-order valence-electron chi connectivity index (χ4n) is 0.455. The molecule has 0 aromatic carbocycles. The van der Waals surface area contributed by atoms with Gasteiger partial charge in [-0.2, -0.15) is 0 Å². The molecule has 0 aromatic rings. The summed E-state index contributed by atoms with van der Waals surface area (Å²) in [4.78, 5) is 0. The van der Waals surface area contributed by atoms with Crippen LogP contribution < -0.4 is 0 Å². The molecule has 3 heteroatoms. The smallest absolute Gasteiger partial charge is 0.0884 e. The van der Waals surface area contributed by atoms with Crippen molar-refractivity contribution in [2.75, 3.05) is 13.2 Å². The van der Waals surface area contributed by atoms with Gasteiger partial charge in [0.05, 0.1) is 25.0 Å². The van der Waals surface area contributed by atoms with Crippen LogP contribution in [0, 0.1) is 5.41 Å². The van der Waals surface area contributed by atoms with Gasteiger partial charge in [0.25, 0.3) is 0 Å². The molecular formula is C8H15NO2. The van der Waals surface area contributed by atoms with Crippen LogP contribution in [0.4, 0.5) is 0 Å². The van der Waals surface area contributed by atoms with Crippen LogP contribution in [0.2, 0.25) is 0 Å². The second kappa shape index (κ2) is 5.04. The minimum atomic E-state index is -0.465. The van der Waals surface area contributed by atoms with Crippen LogP contribution >= 0.6 is 0 Å². The molecule has 1 atom stereocenters. The van der Waals surface area contributed by atoms with Crippen molar-refractivity contribution in [3.8, 4) is 0 Å². The number of nitrogens with one attached hydrogen (secondary N) is 1. The Morgan fingerprint density at radius 2 is 2.27 bits per heavy atom. The van der Waals surface area contributed by atoms with Crippen LogP contribution in [-0.2, 0) is 4.74 Å². The van der Waals surface area contributed by atoms with Crippen LogP contribution in [0.1, 0.15) is 13.8 Å². The zero-order valence-corrected chi connectivity index (χ0v) is 7.05. The van der Waals surface area contributed by atoms with E-state index in [4.69, 9.17) is 15.3 Å². The lowest BCUT2D eigenvalue weighted by Crippen LogP contribution is -2.15. The SMILES string of the molecule is C=C(C)C(=N)COCC(C)O. The van der Waals surface area contributed by atoms with E-state index in [0.717, 1.165) is 0 Å². The third-order valence-corrected chi connectivity index (χ3v) is 1.12. The van der Waals surface area contributed by atoms with E-state index in [1.165, 1.54) is 0 Å². The van der Waals surface area contributed by atoms with E-state index in [9.17, 15) is 0 Å². The average Bonchev–Trinajstić information content (AvgIpc) is 1.86. The van der Waals surface area contributed by atoms with Gasteiger partial charge in [-0.3, -0.25) is 0 Å². The molecule has 0 bridgehead atoms. The van der Waals surface area contributed by atoms with Crippen LogP contribution in [0.25, 0.3) is 0 Å². The first-order valence-electron chi connectivity index (χ1n) is 3.53. The zero-order valence-electron chi connectivity index (χ0n) is 7.05. The molecule has 64 valence electrons. The molecule has 0 aliphatic carbocycles. The number of ether oxygens (including phenoxy) is 1. The summed E-state index contributed by atoms with van der Waals surface area (Å²) in [6.45, 7) is 7.50. The number of aliphatic hydroxyl groups is 1. The Kier molecular flexibility index (Phi) is 4.74. The second-order valence-corrected chi connectivity index (χ2v) is 2.62. The standard InChI is InChI=1S/C8H15NO2/c1-6(2)8(9)5-11-4-7(3)10/h7,9-10H,1,4-5H2,2-3H3. The first-order valence-corrected chi connectivity index (χ1v) is 3.53. The second-order valence-electron chi connectivity index (χ2n) is 2.62. The summed E-state index contributed by atoms with van der Waals surface area (Å²) in [5, 5.41) is 16.1. The van der Waals surface area contributed by atoms with E-state index < -0.39 is 6.10 Å². The van der Waals surface area contributed by atoms with Crippen molar-refractivity contribution in [3.63, 3.8) is 0 Å². The number of rotatable bonds is 5. The van der Waals surface area contributed by atoms with Gasteiger partial charge in [0.2, 0.25) is 0 Å². The van der Waals surface area contributed by atoms with Gasteiger partial charge in [0, 0.05) is 0 Å². The van der Waals surface area contributed by atoms with Gasteiger partial charge in [0.15, 0.2) is 0 Å². The fourth-order valence-corrected chi connectivity index (χ4v) is 0.455. The molecule has 3 nitrogen and oxygen atoms in total. The quantitative estimate of drug-likeness (QED) is 0.584. The first-order chi connectivity index (χ1) is 5.04. The normalized spacial score (nSPS) is 12.6. The molecule has 0 aliphatic heterocycles. The predicted octanol–water partition coefficient (Wildman–Crippen LogP) is 0.980. The lowest BCUT2D eigenvalue weighted by Gasteiger charge is -2.06. The van der Waals surface area contributed by atoms with Crippen molar-refractivity contribution >= 4 is 5.71 Å². The summed E-state index contributed by atoms with van der Waals surface area (Å²) < 4.78 is 4.98. The Labute approximate surface area is 67.2 Å². The maximum Gasteiger partial charge on any atom is 0.0884 e. The van der Waals surface area contributed by atoms with Crippen LogP contribution in [0.3, 0.4) is 0 Å². The molecule has 0 aromatic heterocycles. The van der Waals surface area contributed by atoms with Crippen molar-refractivity contribution in [2.45, 2.75) is 20.0 Å². The Morgan fingerprint density at radius 1 is 1.73 bits per heavy atom. The summed E-state index contributed by atoms with van der Waals surface area (Å²) in [6, 6.07) is 0.